The van der Waals surface area contributed by atoms with Gasteiger partial charge in [0.1, 0.15) is 23.1 Å². The first-order valence-electron chi connectivity index (χ1n) is 11.3. The number of nitrogens with zero attached hydrogens (tertiary/aromatic N) is 1. The quantitative estimate of drug-likeness (QED) is 0.297. The van der Waals surface area contributed by atoms with Crippen LogP contribution in [0, 0.1) is 6.92 Å². The molecule has 0 spiro atoms. The number of Topliss-reactive ketones (excluding diaryl/α,β-unsaturated/α-hetero) is 1. The van der Waals surface area contributed by atoms with Gasteiger partial charge in [0.15, 0.2) is 5.78 Å². The normalized spacial score (nSPS) is 16.9. The molecule has 0 bridgehead atoms. The lowest BCUT2D eigenvalue weighted by Gasteiger charge is -2.24. The number of methoxy groups -OCH3 is 2. The Morgan fingerprint density at radius 3 is 2.11 bits per heavy atom. The molecule has 2 aromatic rings. The van der Waals surface area contributed by atoms with Gasteiger partial charge in [-0.1, -0.05) is 30.3 Å². The van der Waals surface area contributed by atoms with Crippen LogP contribution in [0.1, 0.15) is 20.2 Å². The highest BCUT2D eigenvalue weighted by Crippen LogP contribution is 2.15. The second kappa shape index (κ2) is 13.2. The molecule has 4 atom stereocenters. The zero-order valence-corrected chi connectivity index (χ0v) is 21.1. The summed E-state index contributed by atoms with van der Waals surface area (Å²) < 4.78 is 15.3. The number of aryl methyl sites for hydroxylation is 1. The number of nitrogens with one attached hydrogen (secondary N) is 3. The number of carbonyl (C=O) groups is 4. The van der Waals surface area contributed by atoms with E-state index in [4.69, 9.17) is 14.2 Å². The van der Waals surface area contributed by atoms with Crippen LogP contribution in [-0.4, -0.2) is 86.8 Å². The van der Waals surface area contributed by atoms with Gasteiger partial charge < -0.3 is 30.2 Å². The topological polar surface area (TPSA) is 148 Å². The Morgan fingerprint density at radius 2 is 1.58 bits per heavy atom. The molecule has 3 N–H and O–H groups in total. The maximum Gasteiger partial charge on any atom is 0.263 e. The number of epoxide rings is 1. The molecule has 1 saturated heterocycles. The smallest absolute Gasteiger partial charge is 0.263 e. The van der Waals surface area contributed by atoms with Crippen molar-refractivity contribution in [2.24, 2.45) is 0 Å². The number of thiazole rings is 1. The molecular formula is C24H30N4O7S. The first-order valence-corrected chi connectivity index (χ1v) is 12.1. The fraction of sp³-hybridized carbons (Fsp3) is 0.458. The lowest BCUT2D eigenvalue weighted by atomic mass is 10.00. The first-order chi connectivity index (χ1) is 17.3. The van der Waals surface area contributed by atoms with Crippen LogP contribution in [0.25, 0.3) is 0 Å². The van der Waals surface area contributed by atoms with Gasteiger partial charge in [-0.3, -0.25) is 19.2 Å². The molecule has 0 unspecified atom stereocenters. The molecule has 1 aromatic carbocycles. The molecule has 0 radical (unpaired) electrons. The van der Waals surface area contributed by atoms with E-state index in [1.165, 1.54) is 31.8 Å². The van der Waals surface area contributed by atoms with E-state index in [1.54, 1.807) is 6.92 Å². The maximum absolute atomic E-state index is 13.1. The maximum atomic E-state index is 13.1. The number of hydrogen-bond acceptors (Lipinski definition) is 9. The van der Waals surface area contributed by atoms with Crippen LogP contribution in [0.15, 0.2) is 36.5 Å². The Kier molecular flexibility index (Phi) is 10.1. The Balaban J connectivity index is 1.67. The number of aromatic nitrogens is 1. The van der Waals surface area contributed by atoms with Gasteiger partial charge >= 0.3 is 0 Å². The van der Waals surface area contributed by atoms with Crippen molar-refractivity contribution in [2.75, 3.05) is 34.0 Å². The summed E-state index contributed by atoms with van der Waals surface area (Å²) in [5.74, 6) is -1.96. The number of ketones is 1. The second-order valence-corrected chi connectivity index (χ2v) is 9.45. The van der Waals surface area contributed by atoms with E-state index in [0.29, 0.717) is 16.5 Å². The lowest BCUT2D eigenvalue weighted by molar-refractivity contribution is -0.133. The molecule has 1 aliphatic rings. The van der Waals surface area contributed by atoms with Gasteiger partial charge in [0.05, 0.1) is 37.1 Å². The minimum atomic E-state index is -1.12. The van der Waals surface area contributed by atoms with Gasteiger partial charge in [-0.2, -0.15) is 0 Å². The number of benzene rings is 1. The Bertz CT molecular complexity index is 1060. The highest BCUT2D eigenvalue weighted by Gasteiger charge is 2.38. The van der Waals surface area contributed by atoms with Crippen LogP contribution in [0.5, 0.6) is 0 Å². The SMILES string of the molecule is COC[C@H](NC(=O)c1cnc(C)s1)C(=O)N[C@@H](COC)C(=O)N[C@@H](Cc1ccccc1)C(=O)[C@H]1CO1. The standard InChI is InChI=1S/C24H30N4O7S/c1-14-25-10-20(36-14)24(32)28-18(12-34-3)23(31)27-17(11-33-2)22(30)26-16(21(29)19-13-35-19)9-15-7-5-4-6-8-15/h4-8,10,16-19H,9,11-13H2,1-3H3,(H,26,30)(H,27,31)(H,28,32)/t16-,17-,18-,19+/m0/s1. The monoisotopic (exact) mass is 518 g/mol. The van der Waals surface area contributed by atoms with Crippen molar-refractivity contribution in [1.29, 1.82) is 0 Å². The van der Waals surface area contributed by atoms with E-state index in [9.17, 15) is 19.2 Å². The fourth-order valence-electron chi connectivity index (χ4n) is 3.45. The van der Waals surface area contributed by atoms with Gasteiger partial charge in [0.25, 0.3) is 5.91 Å². The summed E-state index contributed by atoms with van der Waals surface area (Å²) in [6.07, 6.45) is 1.15. The predicted molar refractivity (Wildman–Crippen MR) is 131 cm³/mol. The average Bonchev–Trinajstić information content (AvgIpc) is 3.62. The number of hydrogen-bond donors (Lipinski definition) is 3. The third kappa shape index (κ3) is 7.92. The minimum absolute atomic E-state index is 0.120. The molecule has 0 aliphatic carbocycles. The molecule has 2 heterocycles. The molecule has 12 heteroatoms. The molecule has 1 aromatic heterocycles. The summed E-state index contributed by atoms with van der Waals surface area (Å²) in [6, 6.07) is 6.24. The number of rotatable bonds is 14. The second-order valence-electron chi connectivity index (χ2n) is 8.22. The van der Waals surface area contributed by atoms with Crippen LogP contribution in [-0.2, 0) is 35.0 Å². The molecule has 0 saturated carbocycles. The highest BCUT2D eigenvalue weighted by molar-refractivity contribution is 7.13. The van der Waals surface area contributed by atoms with Crippen LogP contribution < -0.4 is 16.0 Å². The molecular weight excluding hydrogens is 488 g/mol. The zero-order chi connectivity index (χ0) is 26.1. The van der Waals surface area contributed by atoms with Crippen LogP contribution in [0.4, 0.5) is 0 Å². The van der Waals surface area contributed by atoms with E-state index >= 15 is 0 Å². The van der Waals surface area contributed by atoms with E-state index in [0.717, 1.165) is 5.56 Å². The largest absolute Gasteiger partial charge is 0.382 e. The highest BCUT2D eigenvalue weighted by atomic mass is 32.1. The Labute approximate surface area is 212 Å². The van der Waals surface area contributed by atoms with Crippen molar-refractivity contribution in [3.05, 3.63) is 52.0 Å². The van der Waals surface area contributed by atoms with Gasteiger partial charge in [0.2, 0.25) is 11.8 Å². The third-order valence-electron chi connectivity index (χ3n) is 5.36. The molecule has 36 heavy (non-hydrogen) atoms. The third-order valence-corrected chi connectivity index (χ3v) is 6.27. The van der Waals surface area contributed by atoms with E-state index < -0.39 is 42.0 Å². The van der Waals surface area contributed by atoms with Crippen molar-refractivity contribution >= 4 is 34.8 Å². The summed E-state index contributed by atoms with van der Waals surface area (Å²) in [7, 11) is 2.78. The predicted octanol–water partition coefficient (Wildman–Crippen LogP) is 0.0229. The zero-order valence-electron chi connectivity index (χ0n) is 20.3. The van der Waals surface area contributed by atoms with E-state index in [2.05, 4.69) is 20.9 Å². The average molecular weight is 519 g/mol. The van der Waals surface area contributed by atoms with Crippen molar-refractivity contribution in [2.45, 2.75) is 37.6 Å². The van der Waals surface area contributed by atoms with Gasteiger partial charge in [0, 0.05) is 14.2 Å². The molecule has 3 rings (SSSR count). The molecule has 1 fully saturated rings. The molecule has 1 aliphatic heterocycles. The number of ether oxygens (including phenoxy) is 3. The molecule has 11 nitrogen and oxygen atoms in total. The van der Waals surface area contributed by atoms with Crippen LogP contribution in [0.2, 0.25) is 0 Å². The molecule has 194 valence electrons. The summed E-state index contributed by atoms with van der Waals surface area (Å²) in [4.78, 5) is 55.8. The summed E-state index contributed by atoms with van der Waals surface area (Å²) >= 11 is 1.19. The Hall–Kier alpha value is -3.19. The van der Waals surface area contributed by atoms with E-state index in [1.807, 2.05) is 30.3 Å². The van der Waals surface area contributed by atoms with Crippen molar-refractivity contribution in [3.63, 3.8) is 0 Å². The lowest BCUT2D eigenvalue weighted by Crippen LogP contribution is -2.58. The van der Waals surface area contributed by atoms with Gasteiger partial charge in [-0.15, -0.1) is 11.3 Å². The summed E-state index contributed by atoms with van der Waals surface area (Å²) in [5.41, 5.74) is 0.866. The van der Waals surface area contributed by atoms with E-state index in [-0.39, 0.29) is 25.4 Å². The Morgan fingerprint density at radius 1 is 1.00 bits per heavy atom. The van der Waals surface area contributed by atoms with Crippen LogP contribution in [0.3, 0.4) is 0 Å². The first kappa shape index (κ1) is 27.4. The van der Waals surface area contributed by atoms with Crippen molar-refractivity contribution < 1.29 is 33.4 Å². The summed E-state index contributed by atoms with van der Waals surface area (Å²) in [6.45, 7) is 1.81. The van der Waals surface area contributed by atoms with Gasteiger partial charge in [-0.05, 0) is 18.9 Å². The van der Waals surface area contributed by atoms with Crippen molar-refractivity contribution in [3.8, 4) is 0 Å². The molecule has 3 amide bonds. The van der Waals surface area contributed by atoms with Gasteiger partial charge in [-0.25, -0.2) is 4.98 Å². The fourth-order valence-corrected chi connectivity index (χ4v) is 4.13. The number of carbonyl (C=O) groups excluding carboxylic acids is 4. The minimum Gasteiger partial charge on any atom is -0.382 e. The number of amides is 3. The van der Waals surface area contributed by atoms with Crippen molar-refractivity contribution in [1.82, 2.24) is 20.9 Å². The van der Waals surface area contributed by atoms with Crippen LogP contribution >= 0.6 is 11.3 Å². The summed E-state index contributed by atoms with van der Waals surface area (Å²) in [5, 5.41) is 8.63.